The summed E-state index contributed by atoms with van der Waals surface area (Å²) in [5.41, 5.74) is 6.58. The molecule has 11 nitrogen and oxygen atoms in total. The standard InChI is InChI=1S/C37H35N9O2/c1-23-30(36(47)48)22-46(23)37-39-20-28-19-29(25-7-3-2-4-8-25)32(40-33(28)42-37)26-12-10-24(11-13-26)21-45-17-14-27(15-18-45)34-41-35(44-43-34)31-9-5-6-16-38-31/h2-13,16,19-20,23,27,30H,14-15,17-18,21-22H2,1H3,(H,47,48)(H,41,43,44). The Labute approximate surface area is 277 Å². The summed E-state index contributed by atoms with van der Waals surface area (Å²) in [5, 5.41) is 19.1. The summed E-state index contributed by atoms with van der Waals surface area (Å²) in [6.07, 6.45) is 5.60. The van der Waals surface area contributed by atoms with Crippen LogP contribution in [0.3, 0.4) is 0 Å². The number of nitrogens with zero attached hydrogens (tertiary/aromatic N) is 8. The van der Waals surface area contributed by atoms with Crippen molar-refractivity contribution in [3.63, 3.8) is 0 Å². The molecule has 0 aliphatic carbocycles. The lowest BCUT2D eigenvalue weighted by Crippen LogP contribution is -2.58. The number of carbonyl (C=O) groups is 1. The van der Waals surface area contributed by atoms with E-state index in [0.717, 1.165) is 77.6 Å². The normalized spacial score (nSPS) is 18.6. The van der Waals surface area contributed by atoms with Gasteiger partial charge in [0.15, 0.2) is 11.5 Å². The first-order valence-electron chi connectivity index (χ1n) is 16.4. The minimum atomic E-state index is -0.789. The third-order valence-corrected chi connectivity index (χ3v) is 9.70. The first-order valence-corrected chi connectivity index (χ1v) is 16.4. The quantitative estimate of drug-likeness (QED) is 0.210. The Kier molecular flexibility index (Phi) is 7.81. The molecular weight excluding hydrogens is 602 g/mol. The van der Waals surface area contributed by atoms with Crippen molar-refractivity contribution in [1.29, 1.82) is 0 Å². The fourth-order valence-electron chi connectivity index (χ4n) is 6.78. The highest BCUT2D eigenvalue weighted by Gasteiger charge is 2.42. The smallest absolute Gasteiger partial charge is 0.310 e. The zero-order valence-corrected chi connectivity index (χ0v) is 26.6. The zero-order valence-electron chi connectivity index (χ0n) is 26.6. The van der Waals surface area contributed by atoms with E-state index < -0.39 is 11.9 Å². The van der Waals surface area contributed by atoms with Crippen molar-refractivity contribution in [2.75, 3.05) is 24.5 Å². The molecule has 240 valence electrons. The molecule has 0 bridgehead atoms. The number of fused-ring (bicyclic) bond motifs is 1. The number of nitrogens with one attached hydrogen (secondary N) is 1. The minimum absolute atomic E-state index is 0.173. The summed E-state index contributed by atoms with van der Waals surface area (Å²) in [6.45, 7) is 5.14. The van der Waals surface area contributed by atoms with E-state index in [1.54, 1.807) is 12.4 Å². The molecule has 48 heavy (non-hydrogen) atoms. The molecule has 2 unspecified atom stereocenters. The number of rotatable bonds is 8. The molecule has 2 atom stereocenters. The lowest BCUT2D eigenvalue weighted by atomic mass is 9.90. The van der Waals surface area contributed by atoms with Crippen LogP contribution in [0, 0.1) is 5.92 Å². The number of aromatic nitrogens is 7. The summed E-state index contributed by atoms with van der Waals surface area (Å²) in [4.78, 5) is 38.2. The molecule has 2 aliphatic rings. The second-order valence-electron chi connectivity index (χ2n) is 12.7. The van der Waals surface area contributed by atoms with Gasteiger partial charge in [0, 0.05) is 54.0 Å². The van der Waals surface area contributed by atoms with Crippen molar-refractivity contribution in [2.45, 2.75) is 38.3 Å². The fraction of sp³-hybridized carbons (Fsp3) is 0.270. The molecule has 6 heterocycles. The van der Waals surface area contributed by atoms with Crippen LogP contribution in [-0.2, 0) is 11.3 Å². The van der Waals surface area contributed by atoms with Gasteiger partial charge in [-0.3, -0.25) is 14.7 Å². The molecule has 2 fully saturated rings. The highest BCUT2D eigenvalue weighted by molar-refractivity contribution is 5.90. The number of hydrogen-bond donors (Lipinski definition) is 2. The van der Waals surface area contributed by atoms with E-state index in [4.69, 9.17) is 9.97 Å². The van der Waals surface area contributed by atoms with Gasteiger partial charge in [0.1, 0.15) is 11.5 Å². The van der Waals surface area contributed by atoms with Gasteiger partial charge in [-0.05, 0) is 62.2 Å². The number of likely N-dealkylation sites (tertiary alicyclic amines) is 1. The second-order valence-corrected chi connectivity index (χ2v) is 12.7. The van der Waals surface area contributed by atoms with Gasteiger partial charge in [0.05, 0.1) is 11.6 Å². The Morgan fingerprint density at radius 3 is 2.44 bits per heavy atom. The van der Waals surface area contributed by atoms with Gasteiger partial charge in [0.25, 0.3) is 0 Å². The zero-order chi connectivity index (χ0) is 32.6. The monoisotopic (exact) mass is 637 g/mol. The van der Waals surface area contributed by atoms with Crippen molar-refractivity contribution < 1.29 is 9.90 Å². The average molecular weight is 638 g/mol. The third kappa shape index (κ3) is 5.77. The number of piperidine rings is 1. The maximum atomic E-state index is 11.5. The Hall–Kier alpha value is -5.55. The van der Waals surface area contributed by atoms with Crippen LogP contribution in [0.2, 0.25) is 0 Å². The van der Waals surface area contributed by atoms with Crippen molar-refractivity contribution in [3.8, 4) is 33.9 Å². The predicted molar refractivity (Wildman–Crippen MR) is 183 cm³/mol. The van der Waals surface area contributed by atoms with Crippen molar-refractivity contribution >= 4 is 23.0 Å². The van der Waals surface area contributed by atoms with Gasteiger partial charge >= 0.3 is 5.97 Å². The Morgan fingerprint density at radius 2 is 1.71 bits per heavy atom. The number of carboxylic acids is 1. The molecule has 2 N–H and O–H groups in total. The van der Waals surface area contributed by atoms with E-state index in [9.17, 15) is 9.90 Å². The van der Waals surface area contributed by atoms with Gasteiger partial charge in [0.2, 0.25) is 5.95 Å². The molecule has 0 spiro atoms. The molecule has 2 saturated heterocycles. The summed E-state index contributed by atoms with van der Waals surface area (Å²) < 4.78 is 0. The number of aromatic amines is 1. The van der Waals surface area contributed by atoms with Crippen molar-refractivity contribution in [3.05, 3.63) is 103 Å². The van der Waals surface area contributed by atoms with E-state index >= 15 is 0 Å². The molecule has 4 aromatic heterocycles. The average Bonchev–Trinajstić information content (AvgIpc) is 3.62. The van der Waals surface area contributed by atoms with Crippen LogP contribution in [-0.4, -0.2) is 76.8 Å². The van der Waals surface area contributed by atoms with E-state index in [1.807, 2.05) is 48.2 Å². The molecule has 8 rings (SSSR count). The number of carboxylic acid groups (broad SMARTS) is 1. The van der Waals surface area contributed by atoms with Crippen LogP contribution in [0.25, 0.3) is 44.9 Å². The Balaban J connectivity index is 0.993. The van der Waals surface area contributed by atoms with E-state index in [-0.39, 0.29) is 6.04 Å². The first-order chi connectivity index (χ1) is 23.5. The number of benzene rings is 2. The Morgan fingerprint density at radius 1 is 0.917 bits per heavy atom. The van der Waals surface area contributed by atoms with Crippen LogP contribution in [0.1, 0.15) is 37.1 Å². The maximum Gasteiger partial charge on any atom is 0.310 e. The van der Waals surface area contributed by atoms with Gasteiger partial charge in [-0.2, -0.15) is 4.98 Å². The summed E-state index contributed by atoms with van der Waals surface area (Å²) >= 11 is 0. The molecule has 11 heteroatoms. The highest BCUT2D eigenvalue weighted by atomic mass is 16.4. The second kappa shape index (κ2) is 12.6. The van der Waals surface area contributed by atoms with E-state index in [2.05, 4.69) is 72.5 Å². The molecule has 2 aromatic carbocycles. The van der Waals surface area contributed by atoms with E-state index in [1.165, 1.54) is 5.56 Å². The number of H-pyrrole nitrogens is 1. The summed E-state index contributed by atoms with van der Waals surface area (Å²) in [5.74, 6) is 1.32. The van der Waals surface area contributed by atoms with Crippen molar-refractivity contribution in [1.82, 2.24) is 40.0 Å². The van der Waals surface area contributed by atoms with Crippen molar-refractivity contribution in [2.24, 2.45) is 5.92 Å². The largest absolute Gasteiger partial charge is 0.481 e. The molecule has 0 saturated carbocycles. The SMILES string of the molecule is CC1C(C(=O)O)CN1c1ncc2cc(-c3ccccc3)c(-c3ccc(CN4CCC(c5nnc(-c6ccccn6)[nH]5)CC4)cc3)nc2n1. The highest BCUT2D eigenvalue weighted by Crippen LogP contribution is 2.35. The van der Waals surface area contributed by atoms with Gasteiger partial charge in [-0.25, -0.2) is 9.97 Å². The minimum Gasteiger partial charge on any atom is -0.481 e. The fourth-order valence-corrected chi connectivity index (χ4v) is 6.78. The molecule has 0 amide bonds. The number of anilines is 1. The summed E-state index contributed by atoms with van der Waals surface area (Å²) in [6, 6.07) is 26.6. The number of aliphatic carboxylic acids is 1. The van der Waals surface area contributed by atoms with Crippen LogP contribution < -0.4 is 4.90 Å². The van der Waals surface area contributed by atoms with Gasteiger partial charge in [-0.15, -0.1) is 10.2 Å². The van der Waals surface area contributed by atoms with Crippen LogP contribution in [0.15, 0.2) is 91.3 Å². The maximum absolute atomic E-state index is 11.5. The summed E-state index contributed by atoms with van der Waals surface area (Å²) in [7, 11) is 0. The lowest BCUT2D eigenvalue weighted by Gasteiger charge is -2.43. The van der Waals surface area contributed by atoms with Gasteiger partial charge in [-0.1, -0.05) is 60.7 Å². The molecule has 6 aromatic rings. The third-order valence-electron chi connectivity index (χ3n) is 9.70. The van der Waals surface area contributed by atoms with Gasteiger partial charge < -0.3 is 15.0 Å². The first kappa shape index (κ1) is 29.8. The van der Waals surface area contributed by atoms with E-state index in [0.29, 0.717) is 24.1 Å². The molecule has 0 radical (unpaired) electrons. The number of hydrogen-bond acceptors (Lipinski definition) is 9. The molecule has 2 aliphatic heterocycles. The molecular formula is C37H35N9O2. The number of pyridine rings is 2. The van der Waals surface area contributed by atoms with Crippen LogP contribution in [0.4, 0.5) is 5.95 Å². The topological polar surface area (TPSA) is 137 Å². The predicted octanol–water partition coefficient (Wildman–Crippen LogP) is 5.83. The Bertz CT molecular complexity index is 2060. The van der Waals surface area contributed by atoms with Crippen LogP contribution in [0.5, 0.6) is 0 Å². The van der Waals surface area contributed by atoms with Crippen LogP contribution >= 0.6 is 0 Å². The lowest BCUT2D eigenvalue weighted by molar-refractivity contribution is -0.144.